The molecule has 2 amide bonds. The molecule has 0 saturated heterocycles. The minimum absolute atomic E-state index is 0.155. The minimum atomic E-state index is -1.29. The van der Waals surface area contributed by atoms with Gasteiger partial charge in [-0.25, -0.2) is 0 Å². The summed E-state index contributed by atoms with van der Waals surface area (Å²) in [6.45, 7) is 3.59. The topological polar surface area (TPSA) is 104 Å². The van der Waals surface area contributed by atoms with Crippen molar-refractivity contribution >= 4 is 11.8 Å². The van der Waals surface area contributed by atoms with Gasteiger partial charge in [-0.05, 0) is 18.9 Å². The van der Waals surface area contributed by atoms with E-state index < -0.39 is 18.1 Å². The first kappa shape index (κ1) is 18.1. The number of rotatable bonds is 8. The van der Waals surface area contributed by atoms with Crippen molar-refractivity contribution in [3.05, 3.63) is 35.9 Å². The van der Waals surface area contributed by atoms with Crippen LogP contribution < -0.4 is 16.4 Å². The molecule has 0 radical (unpaired) electrons. The number of nitrogens with two attached hydrogens (primary N) is 1. The molecule has 0 heterocycles. The highest BCUT2D eigenvalue weighted by Gasteiger charge is 2.22. The van der Waals surface area contributed by atoms with Gasteiger partial charge in [0.1, 0.15) is 6.10 Å². The summed E-state index contributed by atoms with van der Waals surface area (Å²) in [5.41, 5.74) is 6.66. The monoisotopic (exact) mass is 307 g/mol. The first-order chi connectivity index (χ1) is 10.5. The van der Waals surface area contributed by atoms with E-state index in [0.717, 1.165) is 12.0 Å². The van der Waals surface area contributed by atoms with Crippen LogP contribution in [-0.4, -0.2) is 35.6 Å². The Bertz CT molecular complexity index is 479. The molecule has 1 aromatic rings. The highest BCUT2D eigenvalue weighted by atomic mass is 16.3. The van der Waals surface area contributed by atoms with Gasteiger partial charge in [0.25, 0.3) is 5.91 Å². The smallest absolute Gasteiger partial charge is 0.250 e. The summed E-state index contributed by atoms with van der Waals surface area (Å²) in [7, 11) is 0. The molecule has 0 aliphatic rings. The first-order valence-corrected chi connectivity index (χ1v) is 7.51. The maximum Gasteiger partial charge on any atom is 0.250 e. The summed E-state index contributed by atoms with van der Waals surface area (Å²) in [6.07, 6.45) is 0.0335. The fraction of sp³-hybridized carbons (Fsp3) is 0.500. The number of amides is 2. The molecule has 22 heavy (non-hydrogen) atoms. The van der Waals surface area contributed by atoms with Gasteiger partial charge in [0.05, 0.1) is 12.6 Å². The number of hydrogen-bond acceptors (Lipinski definition) is 4. The zero-order valence-corrected chi connectivity index (χ0v) is 13.1. The highest BCUT2D eigenvalue weighted by molar-refractivity contribution is 5.87. The maximum atomic E-state index is 11.8. The molecule has 5 N–H and O–H groups in total. The molecule has 0 aromatic heterocycles. The van der Waals surface area contributed by atoms with Crippen LogP contribution in [0.4, 0.5) is 0 Å². The Hall–Kier alpha value is -1.92. The van der Waals surface area contributed by atoms with E-state index in [9.17, 15) is 14.7 Å². The zero-order valence-electron chi connectivity index (χ0n) is 13.1. The van der Waals surface area contributed by atoms with Crippen molar-refractivity contribution in [1.29, 1.82) is 0 Å². The van der Waals surface area contributed by atoms with Crippen LogP contribution in [-0.2, 0) is 9.59 Å². The molecular weight excluding hydrogens is 282 g/mol. The summed E-state index contributed by atoms with van der Waals surface area (Å²) in [6, 6.07) is 8.75. The second-order valence-electron chi connectivity index (χ2n) is 5.32. The largest absolute Gasteiger partial charge is 0.382 e. The molecule has 0 fully saturated rings. The Morgan fingerprint density at radius 2 is 1.91 bits per heavy atom. The number of hydrogen-bond donors (Lipinski definition) is 4. The third-order valence-electron chi connectivity index (χ3n) is 3.40. The SMILES string of the molecule is CCCC(N)C(O)C(=O)NCC(=O)N[C@H](C)c1ccccc1. The molecule has 1 rings (SSSR count). The average Bonchev–Trinajstić information content (AvgIpc) is 2.52. The molecule has 3 atom stereocenters. The number of carbonyl (C=O) groups is 2. The molecule has 6 heteroatoms. The summed E-state index contributed by atoms with van der Waals surface area (Å²) < 4.78 is 0. The van der Waals surface area contributed by atoms with Crippen molar-refractivity contribution in [2.24, 2.45) is 5.73 Å². The van der Waals surface area contributed by atoms with Crippen LogP contribution in [0.1, 0.15) is 38.3 Å². The van der Waals surface area contributed by atoms with Gasteiger partial charge >= 0.3 is 0 Å². The van der Waals surface area contributed by atoms with Crippen LogP contribution in [0.5, 0.6) is 0 Å². The van der Waals surface area contributed by atoms with Crippen LogP contribution in [0.15, 0.2) is 30.3 Å². The van der Waals surface area contributed by atoms with Crippen molar-refractivity contribution < 1.29 is 14.7 Å². The lowest BCUT2D eigenvalue weighted by atomic mass is 10.1. The Balaban J connectivity index is 2.38. The molecule has 1 aromatic carbocycles. The zero-order chi connectivity index (χ0) is 16.5. The van der Waals surface area contributed by atoms with Crippen molar-refractivity contribution in [2.75, 3.05) is 6.54 Å². The summed E-state index contributed by atoms with van der Waals surface area (Å²) in [5, 5.41) is 14.9. The summed E-state index contributed by atoms with van der Waals surface area (Å²) >= 11 is 0. The number of aliphatic hydroxyl groups is 1. The van der Waals surface area contributed by atoms with Crippen LogP contribution in [0, 0.1) is 0 Å². The molecule has 2 unspecified atom stereocenters. The van der Waals surface area contributed by atoms with Crippen LogP contribution in [0.3, 0.4) is 0 Å². The Labute approximate surface area is 131 Å². The Morgan fingerprint density at radius 3 is 2.50 bits per heavy atom. The third kappa shape index (κ3) is 5.83. The number of aliphatic hydroxyl groups excluding tert-OH is 1. The molecule has 0 spiro atoms. The molecule has 0 saturated carbocycles. The van der Waals surface area contributed by atoms with Gasteiger partial charge in [0.15, 0.2) is 0 Å². The summed E-state index contributed by atoms with van der Waals surface area (Å²) in [4.78, 5) is 23.5. The van der Waals surface area contributed by atoms with Gasteiger partial charge in [-0.3, -0.25) is 9.59 Å². The van der Waals surface area contributed by atoms with E-state index in [1.165, 1.54) is 0 Å². The van der Waals surface area contributed by atoms with Gasteiger partial charge in [-0.1, -0.05) is 43.7 Å². The molecule has 0 bridgehead atoms. The maximum absolute atomic E-state index is 11.8. The van der Waals surface area contributed by atoms with Gasteiger partial charge in [-0.2, -0.15) is 0 Å². The molecular formula is C16H25N3O3. The van der Waals surface area contributed by atoms with Gasteiger partial charge in [0.2, 0.25) is 5.91 Å². The van der Waals surface area contributed by atoms with Crippen molar-refractivity contribution in [3.8, 4) is 0 Å². The predicted octanol–water partition coefficient (Wildman–Crippen LogP) is 0.468. The number of carbonyl (C=O) groups excluding carboxylic acids is 2. The molecule has 0 aliphatic heterocycles. The second-order valence-corrected chi connectivity index (χ2v) is 5.32. The van der Waals surface area contributed by atoms with E-state index in [0.29, 0.717) is 6.42 Å². The van der Waals surface area contributed by atoms with Gasteiger partial charge < -0.3 is 21.5 Å². The van der Waals surface area contributed by atoms with E-state index >= 15 is 0 Å². The van der Waals surface area contributed by atoms with E-state index in [1.807, 2.05) is 44.2 Å². The van der Waals surface area contributed by atoms with Gasteiger partial charge in [0, 0.05) is 6.04 Å². The minimum Gasteiger partial charge on any atom is -0.382 e. The quantitative estimate of drug-likeness (QED) is 0.560. The van der Waals surface area contributed by atoms with E-state index in [4.69, 9.17) is 5.73 Å². The van der Waals surface area contributed by atoms with Crippen molar-refractivity contribution in [2.45, 2.75) is 44.9 Å². The lowest BCUT2D eigenvalue weighted by Crippen LogP contribution is -2.48. The van der Waals surface area contributed by atoms with Crippen LogP contribution in [0.2, 0.25) is 0 Å². The second kappa shape index (κ2) is 9.17. The fourth-order valence-electron chi connectivity index (χ4n) is 2.08. The Morgan fingerprint density at radius 1 is 1.27 bits per heavy atom. The van der Waals surface area contributed by atoms with Crippen molar-refractivity contribution in [1.82, 2.24) is 10.6 Å². The molecule has 6 nitrogen and oxygen atoms in total. The van der Waals surface area contributed by atoms with Crippen molar-refractivity contribution in [3.63, 3.8) is 0 Å². The highest BCUT2D eigenvalue weighted by Crippen LogP contribution is 2.10. The predicted molar refractivity (Wildman–Crippen MR) is 84.9 cm³/mol. The van der Waals surface area contributed by atoms with E-state index in [2.05, 4.69) is 10.6 Å². The third-order valence-corrected chi connectivity index (χ3v) is 3.40. The molecule has 122 valence electrons. The van der Waals surface area contributed by atoms with E-state index in [1.54, 1.807) is 0 Å². The lowest BCUT2D eigenvalue weighted by molar-refractivity contribution is -0.132. The standard InChI is InChI=1S/C16H25N3O3/c1-3-7-13(17)15(21)16(22)18-10-14(20)19-11(2)12-8-5-4-6-9-12/h4-6,8-9,11,13,15,21H,3,7,10,17H2,1-2H3,(H,18,22)(H,19,20)/t11-,13?,15?/m1/s1. The number of nitrogens with one attached hydrogen (secondary N) is 2. The van der Waals surface area contributed by atoms with Crippen LogP contribution in [0.25, 0.3) is 0 Å². The molecule has 0 aliphatic carbocycles. The Kier molecular flexibility index (Phi) is 7.56. The van der Waals surface area contributed by atoms with Gasteiger partial charge in [-0.15, -0.1) is 0 Å². The lowest BCUT2D eigenvalue weighted by Gasteiger charge is -2.18. The number of benzene rings is 1. The first-order valence-electron chi connectivity index (χ1n) is 7.51. The van der Waals surface area contributed by atoms with E-state index in [-0.39, 0.29) is 18.5 Å². The summed E-state index contributed by atoms with van der Waals surface area (Å²) in [5.74, 6) is -0.940. The normalized spacial score (nSPS) is 14.7. The van der Waals surface area contributed by atoms with Crippen LogP contribution >= 0.6 is 0 Å². The fourth-order valence-corrected chi connectivity index (χ4v) is 2.08. The average molecular weight is 307 g/mol.